The molecule has 0 atom stereocenters. The summed E-state index contributed by atoms with van der Waals surface area (Å²) < 4.78 is 5.75. The number of rotatable bonds is 5. The Morgan fingerprint density at radius 2 is 1.79 bits per heavy atom. The van der Waals surface area contributed by atoms with Gasteiger partial charge in [0.1, 0.15) is 5.75 Å². The highest BCUT2D eigenvalue weighted by Gasteiger charge is 2.09. The van der Waals surface area contributed by atoms with Crippen molar-refractivity contribution in [1.29, 1.82) is 0 Å². The zero-order valence-electron chi connectivity index (χ0n) is 10.4. The molecule has 4 heteroatoms. The van der Waals surface area contributed by atoms with Crippen molar-refractivity contribution in [3.05, 3.63) is 63.6 Å². The SMILES string of the molecule is NCc1cc(Cl)cc(Cl)c1OCCc1ccccc1. The van der Waals surface area contributed by atoms with Crippen LogP contribution in [0.2, 0.25) is 10.0 Å². The zero-order chi connectivity index (χ0) is 13.7. The molecule has 19 heavy (non-hydrogen) atoms. The van der Waals surface area contributed by atoms with Gasteiger partial charge in [-0.1, -0.05) is 53.5 Å². The number of ether oxygens (including phenoxy) is 1. The predicted molar refractivity (Wildman–Crippen MR) is 80.0 cm³/mol. The van der Waals surface area contributed by atoms with Crippen LogP contribution in [-0.2, 0) is 13.0 Å². The van der Waals surface area contributed by atoms with Crippen molar-refractivity contribution in [3.63, 3.8) is 0 Å². The van der Waals surface area contributed by atoms with Gasteiger partial charge in [-0.05, 0) is 17.7 Å². The average molecular weight is 296 g/mol. The van der Waals surface area contributed by atoms with Gasteiger partial charge < -0.3 is 10.5 Å². The summed E-state index contributed by atoms with van der Waals surface area (Å²) in [5, 5.41) is 1.07. The summed E-state index contributed by atoms with van der Waals surface area (Å²) in [7, 11) is 0. The molecule has 0 aliphatic rings. The van der Waals surface area contributed by atoms with Crippen LogP contribution in [-0.4, -0.2) is 6.61 Å². The molecule has 2 nitrogen and oxygen atoms in total. The van der Waals surface area contributed by atoms with E-state index in [4.69, 9.17) is 33.7 Å². The van der Waals surface area contributed by atoms with Crippen LogP contribution >= 0.6 is 23.2 Å². The molecular formula is C15H15Cl2NO. The molecule has 0 fully saturated rings. The Morgan fingerprint density at radius 3 is 2.47 bits per heavy atom. The van der Waals surface area contributed by atoms with Gasteiger partial charge in [0, 0.05) is 23.6 Å². The first-order chi connectivity index (χ1) is 9.20. The molecule has 0 amide bonds. The van der Waals surface area contributed by atoms with Gasteiger partial charge in [-0.25, -0.2) is 0 Å². The minimum absolute atomic E-state index is 0.348. The van der Waals surface area contributed by atoms with E-state index < -0.39 is 0 Å². The van der Waals surface area contributed by atoms with Gasteiger partial charge in [-0.3, -0.25) is 0 Å². The lowest BCUT2D eigenvalue weighted by Gasteiger charge is -2.12. The van der Waals surface area contributed by atoms with Gasteiger partial charge >= 0.3 is 0 Å². The van der Waals surface area contributed by atoms with Crippen molar-refractivity contribution >= 4 is 23.2 Å². The highest BCUT2D eigenvalue weighted by molar-refractivity contribution is 6.35. The van der Waals surface area contributed by atoms with Crippen LogP contribution in [0.5, 0.6) is 5.75 Å². The highest BCUT2D eigenvalue weighted by Crippen LogP contribution is 2.32. The molecule has 0 aliphatic heterocycles. The van der Waals surface area contributed by atoms with Gasteiger partial charge in [0.15, 0.2) is 0 Å². The Bertz CT molecular complexity index is 543. The predicted octanol–water partition coefficient (Wildman–Crippen LogP) is 4.07. The van der Waals surface area contributed by atoms with Gasteiger partial charge in [-0.15, -0.1) is 0 Å². The molecule has 0 heterocycles. The Kier molecular flexibility index (Phi) is 5.08. The number of nitrogens with two attached hydrogens (primary N) is 1. The third-order valence-electron chi connectivity index (χ3n) is 2.79. The van der Waals surface area contributed by atoms with Gasteiger partial charge in [0.2, 0.25) is 0 Å². The lowest BCUT2D eigenvalue weighted by Crippen LogP contribution is -2.06. The molecule has 0 aromatic heterocycles. The highest BCUT2D eigenvalue weighted by atomic mass is 35.5. The van der Waals surface area contributed by atoms with Crippen molar-refractivity contribution in [2.45, 2.75) is 13.0 Å². The van der Waals surface area contributed by atoms with E-state index in [1.165, 1.54) is 5.56 Å². The molecule has 0 bridgehead atoms. The summed E-state index contributed by atoms with van der Waals surface area (Å²) in [5.74, 6) is 0.629. The van der Waals surface area contributed by atoms with E-state index in [0.717, 1.165) is 12.0 Å². The lowest BCUT2D eigenvalue weighted by molar-refractivity contribution is 0.319. The number of hydrogen-bond donors (Lipinski definition) is 1. The van der Waals surface area contributed by atoms with Crippen LogP contribution in [0.15, 0.2) is 42.5 Å². The molecule has 2 rings (SSSR count). The van der Waals surface area contributed by atoms with E-state index in [9.17, 15) is 0 Å². The summed E-state index contributed by atoms with van der Waals surface area (Å²) in [5.41, 5.74) is 7.72. The van der Waals surface area contributed by atoms with Crippen molar-refractivity contribution in [3.8, 4) is 5.75 Å². The minimum atomic E-state index is 0.348. The van der Waals surface area contributed by atoms with Crippen LogP contribution in [0, 0.1) is 0 Å². The summed E-state index contributed by atoms with van der Waals surface area (Å²) in [6, 6.07) is 13.6. The van der Waals surface area contributed by atoms with Crippen LogP contribution in [0.3, 0.4) is 0 Å². The molecular weight excluding hydrogens is 281 g/mol. The summed E-state index contributed by atoms with van der Waals surface area (Å²) in [6.45, 7) is 0.902. The third kappa shape index (κ3) is 3.87. The first-order valence-electron chi connectivity index (χ1n) is 6.05. The Labute approximate surface area is 123 Å². The van der Waals surface area contributed by atoms with Gasteiger partial charge in [0.05, 0.1) is 11.6 Å². The van der Waals surface area contributed by atoms with E-state index in [1.807, 2.05) is 18.2 Å². The monoisotopic (exact) mass is 295 g/mol. The van der Waals surface area contributed by atoms with Crippen molar-refractivity contribution in [2.75, 3.05) is 6.61 Å². The van der Waals surface area contributed by atoms with Crippen LogP contribution in [0.4, 0.5) is 0 Å². The van der Waals surface area contributed by atoms with Crippen LogP contribution < -0.4 is 10.5 Å². The van der Waals surface area contributed by atoms with E-state index in [2.05, 4.69) is 12.1 Å². The fraction of sp³-hybridized carbons (Fsp3) is 0.200. The number of benzene rings is 2. The molecule has 2 aromatic rings. The average Bonchev–Trinajstić information content (AvgIpc) is 2.42. The molecule has 2 aromatic carbocycles. The number of hydrogen-bond acceptors (Lipinski definition) is 2. The summed E-state index contributed by atoms with van der Waals surface area (Å²) >= 11 is 12.1. The van der Waals surface area contributed by atoms with E-state index in [-0.39, 0.29) is 0 Å². The maximum Gasteiger partial charge on any atom is 0.142 e. The van der Waals surface area contributed by atoms with E-state index >= 15 is 0 Å². The Balaban J connectivity index is 2.03. The normalized spacial score (nSPS) is 10.5. The smallest absolute Gasteiger partial charge is 0.142 e. The van der Waals surface area contributed by atoms with Crippen molar-refractivity contribution < 1.29 is 4.74 Å². The largest absolute Gasteiger partial charge is 0.491 e. The second-order valence-corrected chi connectivity index (χ2v) is 5.01. The topological polar surface area (TPSA) is 35.2 Å². The first kappa shape index (κ1) is 14.2. The van der Waals surface area contributed by atoms with Gasteiger partial charge in [0.25, 0.3) is 0 Å². The van der Waals surface area contributed by atoms with Crippen molar-refractivity contribution in [1.82, 2.24) is 0 Å². The molecule has 0 radical (unpaired) electrons. The minimum Gasteiger partial charge on any atom is -0.491 e. The standard InChI is InChI=1S/C15H15Cl2NO/c16-13-8-12(10-18)15(14(17)9-13)19-7-6-11-4-2-1-3-5-11/h1-5,8-9H,6-7,10,18H2. The maximum absolute atomic E-state index is 6.13. The van der Waals surface area contributed by atoms with Gasteiger partial charge in [-0.2, -0.15) is 0 Å². The van der Waals surface area contributed by atoms with E-state index in [0.29, 0.717) is 28.9 Å². The fourth-order valence-electron chi connectivity index (χ4n) is 1.84. The van der Waals surface area contributed by atoms with Crippen molar-refractivity contribution in [2.24, 2.45) is 5.73 Å². The summed E-state index contributed by atoms with van der Waals surface area (Å²) in [4.78, 5) is 0. The van der Waals surface area contributed by atoms with E-state index in [1.54, 1.807) is 12.1 Å². The molecule has 0 unspecified atom stereocenters. The summed E-state index contributed by atoms with van der Waals surface area (Å²) in [6.07, 6.45) is 0.823. The molecule has 0 spiro atoms. The quantitative estimate of drug-likeness (QED) is 0.902. The Hall–Kier alpha value is -1.22. The molecule has 0 saturated heterocycles. The number of halogens is 2. The Morgan fingerprint density at radius 1 is 1.05 bits per heavy atom. The molecule has 0 saturated carbocycles. The maximum atomic E-state index is 6.13. The second-order valence-electron chi connectivity index (χ2n) is 4.16. The first-order valence-corrected chi connectivity index (χ1v) is 6.81. The van der Waals surface area contributed by atoms with Crippen LogP contribution in [0.1, 0.15) is 11.1 Å². The third-order valence-corrected chi connectivity index (χ3v) is 3.28. The lowest BCUT2D eigenvalue weighted by atomic mass is 10.1. The molecule has 2 N–H and O–H groups in total. The molecule has 0 aliphatic carbocycles. The van der Waals surface area contributed by atoms with Crippen LogP contribution in [0.25, 0.3) is 0 Å². The zero-order valence-corrected chi connectivity index (χ0v) is 11.9. The second kappa shape index (κ2) is 6.80. The fourth-order valence-corrected chi connectivity index (χ4v) is 2.43. The molecule has 100 valence electrons.